The fourth-order valence-corrected chi connectivity index (χ4v) is 3.34. The van der Waals surface area contributed by atoms with Gasteiger partial charge >= 0.3 is 0 Å². The monoisotopic (exact) mass is 393 g/mol. The van der Waals surface area contributed by atoms with E-state index in [9.17, 15) is 4.79 Å². The fourth-order valence-electron chi connectivity index (χ4n) is 3.12. The molecule has 7 heteroatoms. The first-order valence-corrected chi connectivity index (χ1v) is 9.94. The number of aliphatic imine (C=N–C) groups is 1. The van der Waals surface area contributed by atoms with Gasteiger partial charge in [-0.3, -0.25) is 14.7 Å². The van der Waals surface area contributed by atoms with Crippen LogP contribution in [-0.4, -0.2) is 68.0 Å². The lowest BCUT2D eigenvalue weighted by molar-refractivity contribution is -0.128. The van der Waals surface area contributed by atoms with Gasteiger partial charge in [0.05, 0.1) is 5.41 Å². The molecule has 0 atom stereocenters. The Hall–Kier alpha value is -1.79. The molecular weight excluding hydrogens is 362 g/mol. The number of nitrogens with zero attached hydrogens (tertiary/aromatic N) is 3. The molecule has 1 aliphatic heterocycles. The molecule has 2 rings (SSSR count). The highest BCUT2D eigenvalue weighted by atomic mass is 35.5. The normalized spacial score (nSPS) is 16.3. The zero-order valence-electron chi connectivity index (χ0n) is 16.9. The number of carbonyl (C=O) groups excluding carboxylic acids is 1. The van der Waals surface area contributed by atoms with Crippen LogP contribution in [-0.2, 0) is 11.3 Å². The average molecular weight is 394 g/mol. The topological polar surface area (TPSA) is 60.0 Å². The Morgan fingerprint density at radius 1 is 1.22 bits per heavy atom. The van der Waals surface area contributed by atoms with E-state index in [4.69, 9.17) is 11.6 Å². The number of rotatable bonds is 6. The number of halogens is 1. The molecule has 0 bridgehead atoms. The molecule has 1 amide bonds. The van der Waals surface area contributed by atoms with Crippen molar-refractivity contribution in [3.05, 3.63) is 34.9 Å². The summed E-state index contributed by atoms with van der Waals surface area (Å²) in [6.45, 7) is 11.7. The number of hydrogen-bond acceptors (Lipinski definition) is 3. The van der Waals surface area contributed by atoms with Gasteiger partial charge in [0.15, 0.2) is 5.96 Å². The molecule has 1 aromatic rings. The molecule has 150 valence electrons. The maximum absolute atomic E-state index is 12.2. The number of carbonyl (C=O) groups is 1. The summed E-state index contributed by atoms with van der Waals surface area (Å²) in [7, 11) is 1.79. The second-order valence-corrected chi connectivity index (χ2v) is 7.97. The van der Waals surface area contributed by atoms with Gasteiger partial charge in [0.1, 0.15) is 0 Å². The van der Waals surface area contributed by atoms with Crippen molar-refractivity contribution in [3.63, 3.8) is 0 Å². The first-order chi connectivity index (χ1) is 12.9. The Labute approximate surface area is 168 Å². The molecule has 0 radical (unpaired) electrons. The highest BCUT2D eigenvalue weighted by Gasteiger charge is 2.28. The second kappa shape index (κ2) is 9.95. The molecule has 0 spiro atoms. The van der Waals surface area contributed by atoms with Gasteiger partial charge < -0.3 is 15.5 Å². The second-order valence-electron chi connectivity index (χ2n) is 7.54. The van der Waals surface area contributed by atoms with Crippen molar-refractivity contribution in [2.75, 3.05) is 46.3 Å². The Morgan fingerprint density at radius 3 is 2.52 bits per heavy atom. The van der Waals surface area contributed by atoms with Crippen LogP contribution in [0.4, 0.5) is 0 Å². The van der Waals surface area contributed by atoms with E-state index in [1.807, 2.05) is 39.0 Å². The van der Waals surface area contributed by atoms with Crippen LogP contribution in [0.15, 0.2) is 29.3 Å². The summed E-state index contributed by atoms with van der Waals surface area (Å²) in [5.41, 5.74) is 0.752. The Morgan fingerprint density at radius 2 is 1.93 bits per heavy atom. The minimum Gasteiger partial charge on any atom is -0.356 e. The summed E-state index contributed by atoms with van der Waals surface area (Å²) in [5.74, 6) is 0.911. The van der Waals surface area contributed by atoms with Crippen molar-refractivity contribution >= 4 is 23.5 Å². The number of nitrogens with one attached hydrogen (secondary N) is 2. The molecule has 1 heterocycles. The third-order valence-corrected chi connectivity index (χ3v) is 5.05. The van der Waals surface area contributed by atoms with Gasteiger partial charge in [-0.25, -0.2) is 0 Å². The summed E-state index contributed by atoms with van der Waals surface area (Å²) in [6.07, 6.45) is 0. The summed E-state index contributed by atoms with van der Waals surface area (Å²) in [6, 6.07) is 8.04. The molecular formula is C20H32ClN5O. The zero-order valence-corrected chi connectivity index (χ0v) is 17.6. The van der Waals surface area contributed by atoms with Gasteiger partial charge in [-0.15, -0.1) is 0 Å². The molecule has 6 nitrogen and oxygen atoms in total. The lowest BCUT2D eigenvalue weighted by Crippen LogP contribution is -2.54. The Kier molecular flexibility index (Phi) is 7.92. The average Bonchev–Trinajstić information content (AvgIpc) is 2.63. The van der Waals surface area contributed by atoms with Crippen molar-refractivity contribution in [2.24, 2.45) is 10.4 Å². The quantitative estimate of drug-likeness (QED) is 0.574. The minimum absolute atomic E-state index is 0.0549. The number of guanidine groups is 1. The third kappa shape index (κ3) is 6.40. The van der Waals surface area contributed by atoms with E-state index >= 15 is 0 Å². The first kappa shape index (κ1) is 21.5. The largest absolute Gasteiger partial charge is 0.356 e. The molecule has 1 aromatic carbocycles. The van der Waals surface area contributed by atoms with Crippen LogP contribution in [0.25, 0.3) is 0 Å². The molecule has 0 aromatic heterocycles. The minimum atomic E-state index is -0.486. The highest BCUT2D eigenvalue weighted by Crippen LogP contribution is 2.15. The fraction of sp³-hybridized carbons (Fsp3) is 0.600. The summed E-state index contributed by atoms with van der Waals surface area (Å²) in [5, 5.41) is 7.04. The standard InChI is InChI=1S/C20H32ClN5O/c1-5-23-18(27)20(2,3)15-24-19(22-4)26-11-9-25(10-12-26)14-16-7-6-8-17(21)13-16/h6-8,13H,5,9-12,14-15H2,1-4H3,(H,22,24)(H,23,27). The van der Waals surface area contributed by atoms with Crippen molar-refractivity contribution in [1.29, 1.82) is 0 Å². The molecule has 27 heavy (non-hydrogen) atoms. The van der Waals surface area contributed by atoms with Crippen LogP contribution in [0, 0.1) is 5.41 Å². The number of benzene rings is 1. The molecule has 0 aliphatic carbocycles. The van der Waals surface area contributed by atoms with E-state index in [1.54, 1.807) is 7.05 Å². The van der Waals surface area contributed by atoms with Crippen LogP contribution in [0.2, 0.25) is 5.02 Å². The molecule has 1 saturated heterocycles. The number of hydrogen-bond donors (Lipinski definition) is 2. The number of piperazine rings is 1. The zero-order chi connectivity index (χ0) is 19.9. The van der Waals surface area contributed by atoms with E-state index < -0.39 is 5.41 Å². The van der Waals surface area contributed by atoms with Crippen LogP contribution in [0.3, 0.4) is 0 Å². The third-order valence-electron chi connectivity index (χ3n) is 4.82. The maximum Gasteiger partial charge on any atom is 0.227 e. The van der Waals surface area contributed by atoms with Crippen molar-refractivity contribution in [1.82, 2.24) is 20.4 Å². The SMILES string of the molecule is CCNC(=O)C(C)(C)CNC(=NC)N1CCN(Cc2cccc(Cl)c2)CC1. The molecule has 1 aliphatic rings. The van der Waals surface area contributed by atoms with Crippen LogP contribution in [0.5, 0.6) is 0 Å². The summed E-state index contributed by atoms with van der Waals surface area (Å²) >= 11 is 6.08. The van der Waals surface area contributed by atoms with Crippen molar-refractivity contribution in [2.45, 2.75) is 27.3 Å². The number of amides is 1. The van der Waals surface area contributed by atoms with Gasteiger partial charge in [0.2, 0.25) is 5.91 Å². The molecule has 0 saturated carbocycles. The van der Waals surface area contributed by atoms with Crippen molar-refractivity contribution in [3.8, 4) is 0 Å². The summed E-state index contributed by atoms with van der Waals surface area (Å²) in [4.78, 5) is 21.2. The van der Waals surface area contributed by atoms with E-state index in [2.05, 4.69) is 31.5 Å². The first-order valence-electron chi connectivity index (χ1n) is 9.56. The highest BCUT2D eigenvalue weighted by molar-refractivity contribution is 6.30. The van der Waals surface area contributed by atoms with Gasteiger partial charge in [-0.05, 0) is 38.5 Å². The smallest absolute Gasteiger partial charge is 0.227 e. The van der Waals surface area contributed by atoms with Gasteiger partial charge in [0.25, 0.3) is 0 Å². The maximum atomic E-state index is 12.2. The Bertz CT molecular complexity index is 654. The molecule has 0 unspecified atom stereocenters. The predicted octanol–water partition coefficient (Wildman–Crippen LogP) is 2.20. The van der Waals surface area contributed by atoms with Crippen LogP contribution < -0.4 is 10.6 Å². The van der Waals surface area contributed by atoms with E-state index in [-0.39, 0.29) is 5.91 Å². The molecule has 2 N–H and O–H groups in total. The van der Waals surface area contributed by atoms with Gasteiger partial charge in [-0.2, -0.15) is 0 Å². The van der Waals surface area contributed by atoms with Gasteiger partial charge in [0, 0.05) is 57.9 Å². The molecule has 1 fully saturated rings. The lowest BCUT2D eigenvalue weighted by atomic mass is 9.92. The lowest BCUT2D eigenvalue weighted by Gasteiger charge is -2.37. The van der Waals surface area contributed by atoms with Crippen molar-refractivity contribution < 1.29 is 4.79 Å². The predicted molar refractivity (Wildman–Crippen MR) is 112 cm³/mol. The van der Waals surface area contributed by atoms with Crippen LogP contribution in [0.1, 0.15) is 26.3 Å². The van der Waals surface area contributed by atoms with E-state index in [1.165, 1.54) is 5.56 Å². The Balaban J connectivity index is 1.83. The van der Waals surface area contributed by atoms with Gasteiger partial charge in [-0.1, -0.05) is 23.7 Å². The summed E-state index contributed by atoms with van der Waals surface area (Å²) < 4.78 is 0. The van der Waals surface area contributed by atoms with E-state index in [0.29, 0.717) is 13.1 Å². The van der Waals surface area contributed by atoms with Crippen LogP contribution >= 0.6 is 11.6 Å². The van der Waals surface area contributed by atoms with E-state index in [0.717, 1.165) is 43.7 Å².